The summed E-state index contributed by atoms with van der Waals surface area (Å²) < 4.78 is 2.37. The molecule has 0 atom stereocenters. The van der Waals surface area contributed by atoms with Crippen LogP contribution in [0.3, 0.4) is 0 Å². The van der Waals surface area contributed by atoms with Crippen molar-refractivity contribution in [2.45, 2.75) is 27.7 Å². The predicted octanol–water partition coefficient (Wildman–Crippen LogP) is 10.1. The number of nitrogens with zero attached hydrogens (tertiary/aromatic N) is 1. The molecule has 0 aliphatic heterocycles. The summed E-state index contributed by atoms with van der Waals surface area (Å²) in [4.78, 5) is 0. The highest BCUT2D eigenvalue weighted by Gasteiger charge is 2.11. The van der Waals surface area contributed by atoms with Gasteiger partial charge < -0.3 is 4.57 Å². The van der Waals surface area contributed by atoms with Gasteiger partial charge in [-0.2, -0.15) is 0 Å². The van der Waals surface area contributed by atoms with Gasteiger partial charge in [0, 0.05) is 16.5 Å². The van der Waals surface area contributed by atoms with Gasteiger partial charge in [-0.1, -0.05) is 105 Å². The van der Waals surface area contributed by atoms with Crippen LogP contribution in [0.2, 0.25) is 0 Å². The van der Waals surface area contributed by atoms with Gasteiger partial charge in [0.15, 0.2) is 0 Å². The molecule has 172 valence electrons. The molecule has 0 saturated carbocycles. The maximum absolute atomic E-state index is 2.37. The molecule has 0 fully saturated rings. The lowest BCUT2D eigenvalue weighted by atomic mass is 9.92. The van der Waals surface area contributed by atoms with E-state index in [2.05, 4.69) is 134 Å². The first kappa shape index (κ1) is 22.7. The summed E-state index contributed by atoms with van der Waals surface area (Å²) in [5, 5.41) is 7.74. The molecule has 5 aromatic carbocycles. The van der Waals surface area contributed by atoms with Crippen molar-refractivity contribution in [3.63, 3.8) is 0 Å². The molecule has 35 heavy (non-hydrogen) atoms. The fourth-order valence-corrected chi connectivity index (χ4v) is 5.14. The summed E-state index contributed by atoms with van der Waals surface area (Å²) >= 11 is 0. The number of para-hydroxylation sites is 2. The van der Waals surface area contributed by atoms with E-state index in [4.69, 9.17) is 0 Å². The van der Waals surface area contributed by atoms with E-state index in [1.807, 2.05) is 13.8 Å². The van der Waals surface area contributed by atoms with Gasteiger partial charge in [0.2, 0.25) is 0 Å². The van der Waals surface area contributed by atoms with Gasteiger partial charge in [-0.15, -0.1) is 0 Å². The molecule has 6 aromatic rings. The van der Waals surface area contributed by atoms with Crippen LogP contribution in [0.5, 0.6) is 0 Å². The summed E-state index contributed by atoms with van der Waals surface area (Å²) in [6.45, 7) is 8.42. The minimum Gasteiger partial charge on any atom is -0.313 e. The Morgan fingerprint density at radius 2 is 0.971 bits per heavy atom. The highest BCUT2D eigenvalue weighted by molar-refractivity contribution is 6.11. The van der Waals surface area contributed by atoms with Crippen LogP contribution >= 0.6 is 0 Å². The summed E-state index contributed by atoms with van der Waals surface area (Å²) in [5.74, 6) is 0. The van der Waals surface area contributed by atoms with Gasteiger partial charge in [-0.3, -0.25) is 0 Å². The molecule has 0 spiro atoms. The van der Waals surface area contributed by atoms with Crippen molar-refractivity contribution in [1.29, 1.82) is 0 Å². The number of fused-ring (bicyclic) bond motifs is 5. The number of hydrogen-bond donors (Lipinski definition) is 0. The van der Waals surface area contributed by atoms with Crippen molar-refractivity contribution >= 4 is 54.6 Å². The van der Waals surface area contributed by atoms with E-state index in [1.165, 1.54) is 60.2 Å². The number of aromatic nitrogens is 1. The zero-order chi connectivity index (χ0) is 24.4. The Labute approximate surface area is 207 Å². The van der Waals surface area contributed by atoms with Crippen molar-refractivity contribution in [3.8, 4) is 0 Å². The van der Waals surface area contributed by atoms with Crippen LogP contribution in [-0.2, 0) is 0 Å². The number of benzene rings is 5. The van der Waals surface area contributed by atoms with Crippen LogP contribution in [0, 0.1) is 0 Å². The maximum atomic E-state index is 2.37. The largest absolute Gasteiger partial charge is 0.313 e. The molecule has 0 amide bonds. The second kappa shape index (κ2) is 9.64. The monoisotopic (exact) mass is 453 g/mol. The molecular formula is C34H31N. The third-order valence-corrected chi connectivity index (χ3v) is 6.67. The fraction of sp³-hybridized carbons (Fsp3) is 0.118. The zero-order valence-electron chi connectivity index (χ0n) is 20.9. The molecule has 0 radical (unpaired) electrons. The predicted molar refractivity (Wildman–Crippen MR) is 156 cm³/mol. The molecule has 0 unspecified atom stereocenters. The summed E-state index contributed by atoms with van der Waals surface area (Å²) in [6, 6.07) is 37.0. The molecule has 1 heteroatoms. The molecule has 6 rings (SSSR count). The molecular weight excluding hydrogens is 422 g/mol. The van der Waals surface area contributed by atoms with Crippen molar-refractivity contribution in [3.05, 3.63) is 121 Å². The lowest BCUT2D eigenvalue weighted by Gasteiger charge is -2.12. The maximum Gasteiger partial charge on any atom is 0.0537 e. The van der Waals surface area contributed by atoms with E-state index in [1.54, 1.807) is 0 Å². The van der Waals surface area contributed by atoms with E-state index in [-0.39, 0.29) is 0 Å². The summed E-state index contributed by atoms with van der Waals surface area (Å²) in [6.07, 6.45) is 4.53. The SMILES string of the molecule is C/C(=C\C=C(/C)n1c2ccccc2c2ccccc21)c1c2ccccc2cc2ccccc12.CC. The van der Waals surface area contributed by atoms with Crippen molar-refractivity contribution in [2.75, 3.05) is 0 Å². The first-order chi connectivity index (χ1) is 17.2. The Bertz CT molecular complexity index is 1620. The molecule has 1 aromatic heterocycles. The molecule has 1 heterocycles. The average Bonchev–Trinajstić information content (AvgIpc) is 3.26. The van der Waals surface area contributed by atoms with E-state index in [0.717, 1.165) is 0 Å². The minimum absolute atomic E-state index is 1.20. The molecule has 0 N–H and O–H groups in total. The molecule has 0 aliphatic rings. The number of hydrogen-bond acceptors (Lipinski definition) is 0. The lowest BCUT2D eigenvalue weighted by molar-refractivity contribution is 1.20. The van der Waals surface area contributed by atoms with E-state index >= 15 is 0 Å². The van der Waals surface area contributed by atoms with E-state index in [9.17, 15) is 0 Å². The fourth-order valence-electron chi connectivity index (χ4n) is 5.14. The Morgan fingerprint density at radius 1 is 0.543 bits per heavy atom. The second-order valence-electron chi connectivity index (χ2n) is 8.72. The Kier molecular flexibility index (Phi) is 6.25. The van der Waals surface area contributed by atoms with E-state index in [0.29, 0.717) is 0 Å². The van der Waals surface area contributed by atoms with Gasteiger partial charge in [0.1, 0.15) is 0 Å². The van der Waals surface area contributed by atoms with Crippen LogP contribution in [0.4, 0.5) is 0 Å². The van der Waals surface area contributed by atoms with Gasteiger partial charge in [0.25, 0.3) is 0 Å². The normalized spacial score (nSPS) is 12.3. The summed E-state index contributed by atoms with van der Waals surface area (Å²) in [7, 11) is 0. The van der Waals surface area contributed by atoms with Gasteiger partial charge >= 0.3 is 0 Å². The van der Waals surface area contributed by atoms with Crippen LogP contribution in [0.1, 0.15) is 33.3 Å². The van der Waals surface area contributed by atoms with Crippen molar-refractivity contribution in [2.24, 2.45) is 0 Å². The highest BCUT2D eigenvalue weighted by Crippen LogP contribution is 2.34. The van der Waals surface area contributed by atoms with Gasteiger partial charge in [-0.05, 0) is 70.8 Å². The quantitative estimate of drug-likeness (QED) is 0.185. The van der Waals surface area contributed by atoms with Crippen molar-refractivity contribution < 1.29 is 0 Å². The Balaban J connectivity index is 0.00000124. The second-order valence-corrected chi connectivity index (χ2v) is 8.72. The molecule has 0 bridgehead atoms. The van der Waals surface area contributed by atoms with Crippen LogP contribution < -0.4 is 0 Å². The van der Waals surface area contributed by atoms with Crippen LogP contribution in [-0.4, -0.2) is 4.57 Å². The summed E-state index contributed by atoms with van der Waals surface area (Å²) in [5.41, 5.74) is 6.28. The number of rotatable bonds is 3. The first-order valence-corrected chi connectivity index (χ1v) is 12.5. The smallest absolute Gasteiger partial charge is 0.0537 e. The Morgan fingerprint density at radius 3 is 1.49 bits per heavy atom. The standard InChI is InChI=1S/C32H25N.C2H6/c1-22(32-26-13-5-3-11-24(26)21-25-12-4-6-14-27(25)32)19-20-23(2)33-30-17-9-7-15-28(30)29-16-8-10-18-31(29)33;1-2/h3-21H,1-2H3;1-2H3/b22-19+,23-20+;. The molecule has 0 saturated heterocycles. The minimum atomic E-state index is 1.20. The number of allylic oxidation sites excluding steroid dienone is 4. The topological polar surface area (TPSA) is 4.93 Å². The third-order valence-electron chi connectivity index (χ3n) is 6.67. The van der Waals surface area contributed by atoms with Crippen LogP contribution in [0.25, 0.3) is 54.6 Å². The van der Waals surface area contributed by atoms with Crippen molar-refractivity contribution in [1.82, 2.24) is 4.57 Å². The zero-order valence-corrected chi connectivity index (χ0v) is 20.9. The van der Waals surface area contributed by atoms with Crippen LogP contribution in [0.15, 0.2) is 115 Å². The van der Waals surface area contributed by atoms with Gasteiger partial charge in [-0.25, -0.2) is 0 Å². The highest BCUT2D eigenvalue weighted by atomic mass is 15.0. The van der Waals surface area contributed by atoms with Gasteiger partial charge in [0.05, 0.1) is 11.0 Å². The third kappa shape index (κ3) is 3.94. The lowest BCUT2D eigenvalue weighted by Crippen LogP contribution is -1.93. The first-order valence-electron chi connectivity index (χ1n) is 12.5. The van der Waals surface area contributed by atoms with E-state index < -0.39 is 0 Å². The Hall–Kier alpha value is -4.10. The molecule has 1 nitrogen and oxygen atoms in total. The molecule has 0 aliphatic carbocycles. The average molecular weight is 454 g/mol.